The van der Waals surface area contributed by atoms with Crippen molar-refractivity contribution in [2.24, 2.45) is 0 Å². The van der Waals surface area contributed by atoms with Gasteiger partial charge in [0, 0.05) is 19.4 Å². The Morgan fingerprint density at radius 2 is 1.60 bits per heavy atom. The average molecular weight is 202 g/mol. The summed E-state index contributed by atoms with van der Waals surface area (Å²) in [6.07, 6.45) is 4.81. The first-order chi connectivity index (χ1) is 7.43. The quantitative estimate of drug-likeness (QED) is 0.575. The van der Waals surface area contributed by atoms with Crippen LogP contribution >= 0.6 is 0 Å². The van der Waals surface area contributed by atoms with Gasteiger partial charge in [0.25, 0.3) is 0 Å². The summed E-state index contributed by atoms with van der Waals surface area (Å²) in [7, 11) is 0. The van der Waals surface area contributed by atoms with Crippen LogP contribution in [-0.2, 0) is 6.42 Å². The van der Waals surface area contributed by atoms with E-state index in [0.717, 1.165) is 32.1 Å². The Hall–Kier alpha value is -1.26. The molecule has 1 aromatic rings. The fraction of sp³-hybridized carbons (Fsp3) is 0.429. The van der Waals surface area contributed by atoms with Gasteiger partial charge in [-0.15, -0.1) is 11.8 Å². The second-order valence-corrected chi connectivity index (χ2v) is 3.52. The van der Waals surface area contributed by atoms with Crippen molar-refractivity contribution >= 4 is 0 Å². The van der Waals surface area contributed by atoms with E-state index in [4.69, 9.17) is 5.11 Å². The Morgan fingerprint density at radius 1 is 0.933 bits per heavy atom. The predicted octanol–water partition coefficient (Wildman–Crippen LogP) is 2.79. The molecule has 15 heavy (non-hydrogen) atoms. The minimum absolute atomic E-state index is 0.249. The smallest absolute Gasteiger partial charge is 0.0440 e. The molecule has 0 radical (unpaired) electrons. The van der Waals surface area contributed by atoms with E-state index < -0.39 is 0 Å². The van der Waals surface area contributed by atoms with Gasteiger partial charge in [-0.25, -0.2) is 0 Å². The van der Waals surface area contributed by atoms with Gasteiger partial charge in [0.2, 0.25) is 0 Å². The third-order valence-electron chi connectivity index (χ3n) is 2.19. The third-order valence-corrected chi connectivity index (χ3v) is 2.19. The van der Waals surface area contributed by atoms with E-state index in [1.165, 1.54) is 5.56 Å². The molecule has 0 saturated heterocycles. The van der Waals surface area contributed by atoms with Crippen LogP contribution in [0.5, 0.6) is 0 Å². The molecule has 0 spiro atoms. The molecule has 0 aliphatic heterocycles. The standard InChI is InChI=1S/C14H18O/c15-13-9-4-2-1-3-6-10-14-11-7-5-8-12-14/h5,7-8,11-12,15H,3-4,6,9-10,13H2. The van der Waals surface area contributed by atoms with Crippen molar-refractivity contribution in [1.29, 1.82) is 0 Å². The third kappa shape index (κ3) is 5.93. The summed E-state index contributed by atoms with van der Waals surface area (Å²) in [5.74, 6) is 6.19. The first-order valence-electron chi connectivity index (χ1n) is 5.54. The molecule has 0 heterocycles. The molecule has 1 aromatic carbocycles. The predicted molar refractivity (Wildman–Crippen MR) is 63.5 cm³/mol. The maximum Gasteiger partial charge on any atom is 0.0440 e. The molecule has 0 saturated carbocycles. The number of aryl methyl sites for hydroxylation is 1. The van der Waals surface area contributed by atoms with Crippen LogP contribution in [0.4, 0.5) is 0 Å². The minimum Gasteiger partial charge on any atom is -0.396 e. The first kappa shape index (κ1) is 11.8. The van der Waals surface area contributed by atoms with E-state index in [2.05, 4.69) is 36.1 Å². The lowest BCUT2D eigenvalue weighted by Gasteiger charge is -1.96. The molecule has 0 aliphatic carbocycles. The molecule has 0 atom stereocenters. The van der Waals surface area contributed by atoms with Crippen molar-refractivity contribution in [3.63, 3.8) is 0 Å². The molecule has 0 aliphatic rings. The Kier molecular flexibility index (Phi) is 6.36. The highest BCUT2D eigenvalue weighted by Gasteiger charge is 1.89. The number of rotatable bonds is 5. The second-order valence-electron chi connectivity index (χ2n) is 3.52. The molecule has 0 fully saturated rings. The van der Waals surface area contributed by atoms with Crippen molar-refractivity contribution in [2.45, 2.75) is 32.1 Å². The van der Waals surface area contributed by atoms with Gasteiger partial charge in [0.05, 0.1) is 0 Å². The fourth-order valence-corrected chi connectivity index (χ4v) is 1.37. The number of unbranched alkanes of at least 4 members (excludes halogenated alkanes) is 2. The SMILES string of the molecule is OCCCC#CCCCc1ccccc1. The summed E-state index contributed by atoms with van der Waals surface area (Å²) in [5.41, 5.74) is 1.38. The van der Waals surface area contributed by atoms with Crippen LogP contribution in [0.1, 0.15) is 31.2 Å². The van der Waals surface area contributed by atoms with Crippen LogP contribution in [0.15, 0.2) is 30.3 Å². The summed E-state index contributed by atoms with van der Waals surface area (Å²) >= 11 is 0. The van der Waals surface area contributed by atoms with E-state index in [1.807, 2.05) is 6.07 Å². The lowest BCUT2D eigenvalue weighted by molar-refractivity contribution is 0.290. The van der Waals surface area contributed by atoms with Gasteiger partial charge < -0.3 is 5.11 Å². The molecule has 1 heteroatoms. The van der Waals surface area contributed by atoms with Gasteiger partial charge in [-0.1, -0.05) is 30.3 Å². The molecule has 1 N–H and O–H groups in total. The second kappa shape index (κ2) is 8.08. The van der Waals surface area contributed by atoms with E-state index in [9.17, 15) is 0 Å². The van der Waals surface area contributed by atoms with Crippen LogP contribution in [0, 0.1) is 11.8 Å². The van der Waals surface area contributed by atoms with Crippen LogP contribution in [0.25, 0.3) is 0 Å². The van der Waals surface area contributed by atoms with Gasteiger partial charge in [-0.05, 0) is 24.8 Å². The number of benzene rings is 1. The van der Waals surface area contributed by atoms with Crippen molar-refractivity contribution in [3.05, 3.63) is 35.9 Å². The first-order valence-corrected chi connectivity index (χ1v) is 5.54. The van der Waals surface area contributed by atoms with Gasteiger partial charge >= 0.3 is 0 Å². The van der Waals surface area contributed by atoms with Crippen LogP contribution in [-0.4, -0.2) is 11.7 Å². The molecular weight excluding hydrogens is 184 g/mol. The molecular formula is C14H18O. The zero-order valence-corrected chi connectivity index (χ0v) is 9.08. The normalized spacial score (nSPS) is 9.40. The molecule has 0 unspecified atom stereocenters. The Bertz CT molecular complexity index is 305. The van der Waals surface area contributed by atoms with Crippen LogP contribution < -0.4 is 0 Å². The van der Waals surface area contributed by atoms with Gasteiger partial charge in [-0.2, -0.15) is 0 Å². The highest BCUT2D eigenvalue weighted by Crippen LogP contribution is 2.03. The summed E-state index contributed by atoms with van der Waals surface area (Å²) in [4.78, 5) is 0. The Morgan fingerprint density at radius 3 is 2.27 bits per heavy atom. The largest absolute Gasteiger partial charge is 0.396 e. The van der Waals surface area contributed by atoms with Gasteiger partial charge in [0.15, 0.2) is 0 Å². The van der Waals surface area contributed by atoms with Crippen molar-refractivity contribution in [2.75, 3.05) is 6.61 Å². The highest BCUT2D eigenvalue weighted by molar-refractivity contribution is 5.14. The van der Waals surface area contributed by atoms with E-state index in [-0.39, 0.29) is 6.61 Å². The van der Waals surface area contributed by atoms with E-state index in [1.54, 1.807) is 0 Å². The lowest BCUT2D eigenvalue weighted by Crippen LogP contribution is -1.83. The fourth-order valence-electron chi connectivity index (χ4n) is 1.37. The van der Waals surface area contributed by atoms with Gasteiger partial charge in [-0.3, -0.25) is 0 Å². The van der Waals surface area contributed by atoms with E-state index in [0.29, 0.717) is 0 Å². The Balaban J connectivity index is 2.08. The van der Waals surface area contributed by atoms with Crippen molar-refractivity contribution in [1.82, 2.24) is 0 Å². The zero-order valence-electron chi connectivity index (χ0n) is 9.08. The number of aliphatic hydroxyl groups excluding tert-OH is 1. The molecule has 0 aromatic heterocycles. The number of hydrogen-bond donors (Lipinski definition) is 1. The minimum atomic E-state index is 0.249. The molecule has 0 amide bonds. The molecule has 0 bridgehead atoms. The van der Waals surface area contributed by atoms with Crippen molar-refractivity contribution < 1.29 is 5.11 Å². The summed E-state index contributed by atoms with van der Waals surface area (Å²) in [6, 6.07) is 10.5. The molecule has 80 valence electrons. The number of hydrogen-bond acceptors (Lipinski definition) is 1. The summed E-state index contributed by atoms with van der Waals surface area (Å²) < 4.78 is 0. The average Bonchev–Trinajstić information content (AvgIpc) is 2.29. The number of aliphatic hydroxyl groups is 1. The van der Waals surface area contributed by atoms with Crippen molar-refractivity contribution in [3.8, 4) is 11.8 Å². The summed E-state index contributed by atoms with van der Waals surface area (Å²) in [6.45, 7) is 0.249. The monoisotopic (exact) mass is 202 g/mol. The maximum atomic E-state index is 8.55. The topological polar surface area (TPSA) is 20.2 Å². The molecule has 1 nitrogen and oxygen atoms in total. The Labute approximate surface area is 92.1 Å². The molecule has 1 rings (SSSR count). The zero-order chi connectivity index (χ0) is 10.8. The highest BCUT2D eigenvalue weighted by atomic mass is 16.2. The van der Waals surface area contributed by atoms with E-state index >= 15 is 0 Å². The van der Waals surface area contributed by atoms with Gasteiger partial charge in [0.1, 0.15) is 0 Å². The van der Waals surface area contributed by atoms with Crippen LogP contribution in [0.2, 0.25) is 0 Å². The summed E-state index contributed by atoms with van der Waals surface area (Å²) in [5, 5.41) is 8.55. The maximum absolute atomic E-state index is 8.55. The van der Waals surface area contributed by atoms with Crippen LogP contribution in [0.3, 0.4) is 0 Å². The lowest BCUT2D eigenvalue weighted by atomic mass is 10.1.